The van der Waals surface area contributed by atoms with E-state index in [9.17, 15) is 0 Å². The minimum Gasteiger partial charge on any atom is -0.366 e. The first-order valence-electron chi connectivity index (χ1n) is 5.40. The van der Waals surface area contributed by atoms with Crippen molar-refractivity contribution in [1.82, 2.24) is 4.98 Å². The van der Waals surface area contributed by atoms with Crippen molar-refractivity contribution in [2.75, 3.05) is 16.8 Å². The number of nitrogens with zero attached hydrogens (tertiary/aromatic N) is 1. The molecule has 6 heteroatoms. The van der Waals surface area contributed by atoms with Gasteiger partial charge >= 0.3 is 0 Å². The Balaban J connectivity index is 2.58. The standard InChI is InChI=1S/C11H15Cl3N2S/c1-3-17-5-4-7(2)15-11-9(13)6-8(12)10(14)16-11/h6-7H,3-5H2,1-2H3,(H,15,16). The van der Waals surface area contributed by atoms with Gasteiger partial charge in [-0.3, -0.25) is 0 Å². The summed E-state index contributed by atoms with van der Waals surface area (Å²) in [4.78, 5) is 4.12. The van der Waals surface area contributed by atoms with Crippen LogP contribution in [-0.2, 0) is 0 Å². The number of hydrogen-bond donors (Lipinski definition) is 1. The van der Waals surface area contributed by atoms with Gasteiger partial charge < -0.3 is 5.32 Å². The Morgan fingerprint density at radius 1 is 1.35 bits per heavy atom. The fourth-order valence-corrected chi connectivity index (χ4v) is 2.62. The van der Waals surface area contributed by atoms with Crippen LogP contribution < -0.4 is 5.32 Å². The maximum Gasteiger partial charge on any atom is 0.150 e. The Morgan fingerprint density at radius 2 is 2.06 bits per heavy atom. The molecule has 0 bridgehead atoms. The van der Waals surface area contributed by atoms with Gasteiger partial charge in [-0.05, 0) is 30.9 Å². The van der Waals surface area contributed by atoms with Crippen LogP contribution in [-0.4, -0.2) is 22.5 Å². The molecule has 1 aromatic rings. The normalized spacial score (nSPS) is 12.5. The summed E-state index contributed by atoms with van der Waals surface area (Å²) in [6.07, 6.45) is 1.05. The smallest absolute Gasteiger partial charge is 0.150 e. The maximum absolute atomic E-state index is 6.03. The second-order valence-corrected chi connectivity index (χ2v) is 6.19. The van der Waals surface area contributed by atoms with Crippen molar-refractivity contribution in [3.8, 4) is 0 Å². The van der Waals surface area contributed by atoms with Gasteiger partial charge in [0.25, 0.3) is 0 Å². The highest BCUT2D eigenvalue weighted by Crippen LogP contribution is 2.29. The molecule has 96 valence electrons. The van der Waals surface area contributed by atoms with Gasteiger partial charge in [0.1, 0.15) is 11.0 Å². The minimum atomic E-state index is 0.272. The average molecular weight is 314 g/mol. The van der Waals surface area contributed by atoms with Gasteiger partial charge in [0.15, 0.2) is 0 Å². The number of thioether (sulfide) groups is 1. The van der Waals surface area contributed by atoms with Crippen LogP contribution in [0, 0.1) is 0 Å². The first kappa shape index (κ1) is 15.2. The molecular weight excluding hydrogens is 299 g/mol. The van der Waals surface area contributed by atoms with Crippen LogP contribution in [0.5, 0.6) is 0 Å². The summed E-state index contributed by atoms with van der Waals surface area (Å²) in [6, 6.07) is 1.91. The molecule has 0 radical (unpaired) electrons. The molecule has 1 unspecified atom stereocenters. The molecule has 1 aromatic heterocycles. The maximum atomic E-state index is 6.03. The summed E-state index contributed by atoms with van der Waals surface area (Å²) in [5.74, 6) is 2.84. The van der Waals surface area contributed by atoms with Crippen molar-refractivity contribution < 1.29 is 0 Å². The molecule has 1 rings (SSSR count). The van der Waals surface area contributed by atoms with E-state index in [2.05, 4.69) is 24.1 Å². The Bertz CT molecular complexity index is 374. The van der Waals surface area contributed by atoms with Crippen LogP contribution in [0.1, 0.15) is 20.3 Å². The summed E-state index contributed by atoms with van der Waals surface area (Å²) in [6.45, 7) is 4.25. The third-order valence-electron chi connectivity index (χ3n) is 2.17. The topological polar surface area (TPSA) is 24.9 Å². The third-order valence-corrected chi connectivity index (χ3v) is 4.06. The summed E-state index contributed by atoms with van der Waals surface area (Å²) in [7, 11) is 0. The van der Waals surface area contributed by atoms with Gasteiger partial charge in [-0.15, -0.1) is 0 Å². The van der Waals surface area contributed by atoms with Crippen molar-refractivity contribution in [3.63, 3.8) is 0 Å². The van der Waals surface area contributed by atoms with Gasteiger partial charge in [-0.1, -0.05) is 41.7 Å². The highest BCUT2D eigenvalue weighted by atomic mass is 35.5. The zero-order valence-corrected chi connectivity index (χ0v) is 12.8. The quantitative estimate of drug-likeness (QED) is 0.592. The van der Waals surface area contributed by atoms with Gasteiger partial charge in [0.05, 0.1) is 10.0 Å². The molecule has 2 nitrogen and oxygen atoms in total. The molecule has 0 aliphatic heterocycles. The van der Waals surface area contributed by atoms with Crippen molar-refractivity contribution in [2.24, 2.45) is 0 Å². The number of rotatable bonds is 6. The van der Waals surface area contributed by atoms with E-state index in [0.29, 0.717) is 21.9 Å². The number of pyridine rings is 1. The van der Waals surface area contributed by atoms with E-state index in [4.69, 9.17) is 34.8 Å². The van der Waals surface area contributed by atoms with E-state index in [1.807, 2.05) is 11.8 Å². The Morgan fingerprint density at radius 3 is 2.71 bits per heavy atom. The lowest BCUT2D eigenvalue weighted by atomic mass is 10.2. The molecule has 0 aromatic carbocycles. The van der Waals surface area contributed by atoms with E-state index < -0.39 is 0 Å². The molecule has 1 atom stereocenters. The zero-order chi connectivity index (χ0) is 12.8. The van der Waals surface area contributed by atoms with Crippen LogP contribution in [0.4, 0.5) is 5.82 Å². The molecular formula is C11H15Cl3N2S. The fraction of sp³-hybridized carbons (Fsp3) is 0.545. The van der Waals surface area contributed by atoms with E-state index in [-0.39, 0.29) is 5.15 Å². The molecule has 0 aliphatic carbocycles. The SMILES string of the molecule is CCSCCC(C)Nc1nc(Cl)c(Cl)cc1Cl. The van der Waals surface area contributed by atoms with Gasteiger partial charge in [-0.25, -0.2) is 4.98 Å². The van der Waals surface area contributed by atoms with Crippen LogP contribution in [0.3, 0.4) is 0 Å². The lowest BCUT2D eigenvalue weighted by Crippen LogP contribution is -2.17. The number of halogens is 3. The van der Waals surface area contributed by atoms with Gasteiger partial charge in [-0.2, -0.15) is 11.8 Å². The summed E-state index contributed by atoms with van der Waals surface area (Å²) in [5.41, 5.74) is 0. The van der Waals surface area contributed by atoms with Gasteiger partial charge in [0.2, 0.25) is 0 Å². The van der Waals surface area contributed by atoms with E-state index >= 15 is 0 Å². The highest BCUT2D eigenvalue weighted by Gasteiger charge is 2.10. The summed E-state index contributed by atoms with van der Waals surface area (Å²) in [5, 5.41) is 4.38. The number of aromatic nitrogens is 1. The lowest BCUT2D eigenvalue weighted by Gasteiger charge is -2.15. The Labute approximate surface area is 121 Å². The molecule has 0 aliphatic rings. The fourth-order valence-electron chi connectivity index (χ4n) is 1.26. The first-order valence-corrected chi connectivity index (χ1v) is 7.69. The predicted octanol–water partition coefficient (Wildman–Crippen LogP) is 4.99. The number of anilines is 1. The molecule has 0 saturated heterocycles. The zero-order valence-electron chi connectivity index (χ0n) is 9.77. The van der Waals surface area contributed by atoms with Crippen LogP contribution in [0.2, 0.25) is 15.2 Å². The second-order valence-electron chi connectivity index (χ2n) is 3.62. The predicted molar refractivity (Wildman–Crippen MR) is 80.0 cm³/mol. The highest BCUT2D eigenvalue weighted by molar-refractivity contribution is 7.99. The molecule has 0 fully saturated rings. The largest absolute Gasteiger partial charge is 0.366 e. The summed E-state index contributed by atoms with van der Waals surface area (Å²) >= 11 is 19.6. The summed E-state index contributed by atoms with van der Waals surface area (Å²) < 4.78 is 0. The van der Waals surface area contributed by atoms with Crippen LogP contribution in [0.15, 0.2) is 6.07 Å². The van der Waals surface area contributed by atoms with E-state index in [1.165, 1.54) is 0 Å². The molecule has 17 heavy (non-hydrogen) atoms. The van der Waals surface area contributed by atoms with Crippen molar-refractivity contribution in [3.05, 3.63) is 21.3 Å². The molecule has 0 spiro atoms. The van der Waals surface area contributed by atoms with E-state index in [1.54, 1.807) is 6.07 Å². The van der Waals surface area contributed by atoms with Gasteiger partial charge in [0, 0.05) is 6.04 Å². The molecule has 0 saturated carbocycles. The van der Waals surface area contributed by atoms with E-state index in [0.717, 1.165) is 17.9 Å². The molecule has 1 heterocycles. The van der Waals surface area contributed by atoms with Crippen molar-refractivity contribution in [2.45, 2.75) is 26.3 Å². The van der Waals surface area contributed by atoms with Crippen molar-refractivity contribution in [1.29, 1.82) is 0 Å². The minimum absolute atomic E-state index is 0.272. The lowest BCUT2D eigenvalue weighted by molar-refractivity contribution is 0.766. The first-order chi connectivity index (χ1) is 8.04. The average Bonchev–Trinajstić information content (AvgIpc) is 2.26. The third kappa shape index (κ3) is 5.12. The Kier molecular flexibility index (Phi) is 6.78. The second kappa shape index (κ2) is 7.57. The Hall–Kier alpha value is 0.170. The van der Waals surface area contributed by atoms with Crippen LogP contribution in [0.25, 0.3) is 0 Å². The monoisotopic (exact) mass is 312 g/mol. The molecule has 1 N–H and O–H groups in total. The number of hydrogen-bond acceptors (Lipinski definition) is 3. The van der Waals surface area contributed by atoms with Crippen LogP contribution >= 0.6 is 46.6 Å². The number of nitrogens with one attached hydrogen (secondary N) is 1. The molecule has 0 amide bonds. The van der Waals surface area contributed by atoms with Crippen molar-refractivity contribution >= 4 is 52.4 Å².